The molecule has 2 rings (SSSR count). The predicted octanol–water partition coefficient (Wildman–Crippen LogP) is 1.28. The van der Waals surface area contributed by atoms with E-state index in [-0.39, 0.29) is 5.69 Å². The molecule has 6 heteroatoms. The van der Waals surface area contributed by atoms with Crippen molar-refractivity contribution < 1.29 is 4.92 Å². The Kier molecular flexibility index (Phi) is 3.15. The minimum atomic E-state index is -0.423. The summed E-state index contributed by atoms with van der Waals surface area (Å²) in [6.07, 6.45) is 2.46. The number of nitrogens with zero attached hydrogens (tertiary/aromatic N) is 3. The van der Waals surface area contributed by atoms with Crippen LogP contribution in [0.4, 0.5) is 5.69 Å². The zero-order chi connectivity index (χ0) is 12.3. The molecule has 0 atom stereocenters. The Morgan fingerprint density at radius 1 is 1.41 bits per heavy atom. The summed E-state index contributed by atoms with van der Waals surface area (Å²) >= 11 is 0. The standard InChI is InChI=1S/C11H12N4O2/c12-6-4-9-5-7-14(13-9)10-2-1-3-11(8-10)15(16)17/h1-3,5,7-8H,4,6,12H2. The highest BCUT2D eigenvalue weighted by Gasteiger charge is 2.07. The maximum Gasteiger partial charge on any atom is 0.271 e. The van der Waals surface area contributed by atoms with E-state index in [2.05, 4.69) is 5.10 Å². The van der Waals surface area contributed by atoms with E-state index in [0.29, 0.717) is 18.7 Å². The summed E-state index contributed by atoms with van der Waals surface area (Å²) in [6, 6.07) is 8.20. The summed E-state index contributed by atoms with van der Waals surface area (Å²) in [7, 11) is 0. The Hall–Kier alpha value is -2.21. The molecule has 88 valence electrons. The van der Waals surface area contributed by atoms with E-state index in [4.69, 9.17) is 5.73 Å². The SMILES string of the molecule is NCCc1ccn(-c2cccc([N+](=O)[O-])c2)n1. The lowest BCUT2D eigenvalue weighted by atomic mass is 10.3. The molecule has 2 N–H and O–H groups in total. The van der Waals surface area contributed by atoms with Crippen LogP contribution in [0, 0.1) is 10.1 Å². The second-order valence-corrected chi connectivity index (χ2v) is 3.57. The Labute approximate surface area is 97.8 Å². The van der Waals surface area contributed by atoms with E-state index in [9.17, 15) is 10.1 Å². The predicted molar refractivity (Wildman–Crippen MR) is 63.0 cm³/mol. The van der Waals surface area contributed by atoms with Crippen molar-refractivity contribution in [3.8, 4) is 5.69 Å². The van der Waals surface area contributed by atoms with E-state index < -0.39 is 4.92 Å². The second kappa shape index (κ2) is 4.75. The van der Waals surface area contributed by atoms with Gasteiger partial charge in [-0.1, -0.05) is 6.07 Å². The van der Waals surface area contributed by atoms with Crippen LogP contribution in [0.3, 0.4) is 0 Å². The molecule has 0 fully saturated rings. The highest BCUT2D eigenvalue weighted by molar-refractivity contribution is 5.42. The first-order valence-corrected chi connectivity index (χ1v) is 5.20. The maximum atomic E-state index is 10.7. The average molecular weight is 232 g/mol. The van der Waals surface area contributed by atoms with Gasteiger partial charge in [-0.2, -0.15) is 5.10 Å². The normalized spacial score (nSPS) is 10.4. The van der Waals surface area contributed by atoms with E-state index in [1.807, 2.05) is 6.07 Å². The Bertz CT molecular complexity index is 536. The number of benzene rings is 1. The van der Waals surface area contributed by atoms with E-state index >= 15 is 0 Å². The summed E-state index contributed by atoms with van der Waals surface area (Å²) in [5.74, 6) is 0. The quantitative estimate of drug-likeness (QED) is 0.635. The average Bonchev–Trinajstić information content (AvgIpc) is 2.78. The molecule has 6 nitrogen and oxygen atoms in total. The molecule has 1 heterocycles. The van der Waals surface area contributed by atoms with Crippen LogP contribution in [0.25, 0.3) is 5.69 Å². The third-order valence-corrected chi connectivity index (χ3v) is 2.35. The number of nitro benzene ring substituents is 1. The Morgan fingerprint density at radius 2 is 2.24 bits per heavy atom. The molecule has 1 aromatic carbocycles. The minimum Gasteiger partial charge on any atom is -0.330 e. The fourth-order valence-corrected chi connectivity index (χ4v) is 1.54. The van der Waals surface area contributed by atoms with Crippen LogP contribution in [0.5, 0.6) is 0 Å². The molecule has 1 aromatic heterocycles. The van der Waals surface area contributed by atoms with Crippen molar-refractivity contribution in [3.63, 3.8) is 0 Å². The van der Waals surface area contributed by atoms with Crippen LogP contribution in [0.1, 0.15) is 5.69 Å². The molecule has 0 saturated carbocycles. The van der Waals surface area contributed by atoms with Gasteiger partial charge in [0.1, 0.15) is 0 Å². The van der Waals surface area contributed by atoms with Crippen molar-refractivity contribution in [2.24, 2.45) is 5.73 Å². The maximum absolute atomic E-state index is 10.7. The van der Waals surface area contributed by atoms with E-state index in [0.717, 1.165) is 5.69 Å². The third kappa shape index (κ3) is 2.48. The van der Waals surface area contributed by atoms with Gasteiger partial charge in [-0.15, -0.1) is 0 Å². The van der Waals surface area contributed by atoms with Gasteiger partial charge in [-0.05, 0) is 18.7 Å². The Balaban J connectivity index is 2.32. The number of nitro groups is 1. The van der Waals surface area contributed by atoms with Crippen LogP contribution in [0.15, 0.2) is 36.5 Å². The van der Waals surface area contributed by atoms with E-state index in [1.165, 1.54) is 12.1 Å². The minimum absolute atomic E-state index is 0.0541. The molecule has 0 aliphatic rings. The van der Waals surface area contributed by atoms with E-state index in [1.54, 1.807) is 23.0 Å². The topological polar surface area (TPSA) is 87.0 Å². The molecule has 2 aromatic rings. The van der Waals surface area contributed by atoms with Crippen molar-refractivity contribution in [3.05, 3.63) is 52.3 Å². The first-order chi connectivity index (χ1) is 8.20. The third-order valence-electron chi connectivity index (χ3n) is 2.35. The smallest absolute Gasteiger partial charge is 0.271 e. The molecule has 0 amide bonds. The molecule has 0 aliphatic heterocycles. The van der Waals surface area contributed by atoms with Crippen LogP contribution < -0.4 is 5.73 Å². The number of nitrogens with two attached hydrogens (primary N) is 1. The summed E-state index contributed by atoms with van der Waals surface area (Å²) in [5.41, 5.74) is 7.03. The van der Waals surface area contributed by atoms with Gasteiger partial charge in [-0.3, -0.25) is 10.1 Å². The zero-order valence-corrected chi connectivity index (χ0v) is 9.11. The fraction of sp³-hybridized carbons (Fsp3) is 0.182. The van der Waals surface area contributed by atoms with Gasteiger partial charge >= 0.3 is 0 Å². The first-order valence-electron chi connectivity index (χ1n) is 5.20. The Morgan fingerprint density at radius 3 is 2.94 bits per heavy atom. The summed E-state index contributed by atoms with van der Waals surface area (Å²) in [4.78, 5) is 10.2. The van der Waals surface area contributed by atoms with Crippen molar-refractivity contribution in [2.75, 3.05) is 6.54 Å². The van der Waals surface area contributed by atoms with Crippen molar-refractivity contribution in [2.45, 2.75) is 6.42 Å². The summed E-state index contributed by atoms with van der Waals surface area (Å²) in [6.45, 7) is 0.534. The lowest BCUT2D eigenvalue weighted by Gasteiger charge is -2.00. The van der Waals surface area contributed by atoms with Gasteiger partial charge in [-0.25, -0.2) is 4.68 Å². The largest absolute Gasteiger partial charge is 0.330 e. The highest BCUT2D eigenvalue weighted by atomic mass is 16.6. The second-order valence-electron chi connectivity index (χ2n) is 3.57. The summed E-state index contributed by atoms with van der Waals surface area (Å²) in [5, 5.41) is 14.9. The number of rotatable bonds is 4. The monoisotopic (exact) mass is 232 g/mol. The number of non-ortho nitro benzene ring substituents is 1. The molecule has 17 heavy (non-hydrogen) atoms. The zero-order valence-electron chi connectivity index (χ0n) is 9.11. The molecule has 0 unspecified atom stereocenters. The number of hydrogen-bond donors (Lipinski definition) is 1. The van der Waals surface area contributed by atoms with Gasteiger partial charge in [0.2, 0.25) is 0 Å². The van der Waals surface area contributed by atoms with Crippen LogP contribution in [-0.4, -0.2) is 21.2 Å². The molecule has 0 aliphatic carbocycles. The van der Waals surface area contributed by atoms with Crippen molar-refractivity contribution in [1.29, 1.82) is 0 Å². The van der Waals surface area contributed by atoms with Gasteiger partial charge in [0, 0.05) is 24.8 Å². The molecular formula is C11H12N4O2. The lowest BCUT2D eigenvalue weighted by Crippen LogP contribution is -2.04. The number of hydrogen-bond acceptors (Lipinski definition) is 4. The summed E-state index contributed by atoms with van der Waals surface area (Å²) < 4.78 is 1.61. The van der Waals surface area contributed by atoms with Crippen LogP contribution in [0.2, 0.25) is 0 Å². The molecule has 0 spiro atoms. The van der Waals surface area contributed by atoms with Crippen LogP contribution in [-0.2, 0) is 6.42 Å². The van der Waals surface area contributed by atoms with Crippen LogP contribution >= 0.6 is 0 Å². The van der Waals surface area contributed by atoms with Gasteiger partial charge in [0.15, 0.2) is 0 Å². The van der Waals surface area contributed by atoms with Crippen molar-refractivity contribution in [1.82, 2.24) is 9.78 Å². The molecule has 0 saturated heterocycles. The highest BCUT2D eigenvalue weighted by Crippen LogP contribution is 2.16. The van der Waals surface area contributed by atoms with Gasteiger partial charge < -0.3 is 5.73 Å². The number of aromatic nitrogens is 2. The van der Waals surface area contributed by atoms with Gasteiger partial charge in [0.05, 0.1) is 16.3 Å². The van der Waals surface area contributed by atoms with Crippen molar-refractivity contribution >= 4 is 5.69 Å². The molecular weight excluding hydrogens is 220 g/mol. The first kappa shape index (κ1) is 11.3. The molecule has 0 radical (unpaired) electrons. The lowest BCUT2D eigenvalue weighted by molar-refractivity contribution is -0.384. The van der Waals surface area contributed by atoms with Gasteiger partial charge in [0.25, 0.3) is 5.69 Å². The molecule has 0 bridgehead atoms. The fourth-order valence-electron chi connectivity index (χ4n) is 1.54.